The van der Waals surface area contributed by atoms with Crippen LogP contribution in [0.5, 0.6) is 11.5 Å². The molecule has 2 aromatic rings. The van der Waals surface area contributed by atoms with Crippen molar-refractivity contribution in [2.24, 2.45) is 5.41 Å². The molecular weight excluding hydrogens is 447 g/mol. The Balaban J connectivity index is 1.50. The lowest BCUT2D eigenvalue weighted by molar-refractivity contribution is 0.352. The van der Waals surface area contributed by atoms with Crippen molar-refractivity contribution >= 4 is 23.1 Å². The molecule has 0 bridgehead atoms. The fourth-order valence-corrected chi connectivity index (χ4v) is 5.99. The summed E-state index contributed by atoms with van der Waals surface area (Å²) in [7, 11) is 0. The second kappa shape index (κ2) is 9.06. The molecule has 0 spiro atoms. The number of halogens is 1. The smallest absolute Gasteiger partial charge is 0.140 e. The minimum Gasteiger partial charge on any atom is -0.506 e. The topological polar surface area (TPSA) is 53.5 Å². The first-order valence-corrected chi connectivity index (χ1v) is 12.8. The maximum absolute atomic E-state index is 15.5. The number of aryl methyl sites for hydroxylation is 1. The van der Waals surface area contributed by atoms with Crippen molar-refractivity contribution in [3.8, 4) is 11.5 Å². The lowest BCUT2D eigenvalue weighted by Crippen LogP contribution is -2.25. The standard InChI is InChI=1S/C28H31FN2O2S/c1-17-9-12-23(32)26-24(17)30-22-14-28(2,3)16-34-27(22)25(31-26)20-11-10-19(13-21(20)29)33-15-18-7-5-4-6-8-18/h5,7-13,25,30-32H,4,6,14-16H2,1-3H3. The molecule has 0 radical (unpaired) electrons. The van der Waals surface area contributed by atoms with Crippen molar-refractivity contribution in [3.05, 3.63) is 81.7 Å². The fourth-order valence-electron chi connectivity index (χ4n) is 4.70. The van der Waals surface area contributed by atoms with Gasteiger partial charge < -0.3 is 20.5 Å². The first-order chi connectivity index (χ1) is 16.3. The number of nitrogens with one attached hydrogen (secondary N) is 2. The third-order valence-electron chi connectivity index (χ3n) is 6.55. The number of hydrogen-bond acceptors (Lipinski definition) is 5. The molecule has 0 saturated heterocycles. The van der Waals surface area contributed by atoms with Crippen molar-refractivity contribution in [2.45, 2.75) is 46.1 Å². The van der Waals surface area contributed by atoms with E-state index < -0.39 is 6.04 Å². The van der Waals surface area contributed by atoms with Gasteiger partial charge in [-0.15, -0.1) is 11.8 Å². The summed E-state index contributed by atoms with van der Waals surface area (Å²) in [6, 6.07) is 8.28. The molecule has 0 aromatic heterocycles. The Morgan fingerprint density at radius 1 is 1.18 bits per heavy atom. The number of hydrogen-bond donors (Lipinski definition) is 3. The van der Waals surface area contributed by atoms with E-state index >= 15 is 4.39 Å². The van der Waals surface area contributed by atoms with E-state index in [1.807, 2.05) is 19.1 Å². The van der Waals surface area contributed by atoms with Crippen molar-refractivity contribution in [1.82, 2.24) is 0 Å². The van der Waals surface area contributed by atoms with Crippen LogP contribution in [0.1, 0.15) is 50.3 Å². The average Bonchev–Trinajstić information content (AvgIpc) is 2.97. The molecule has 0 fully saturated rings. The van der Waals surface area contributed by atoms with Gasteiger partial charge in [-0.2, -0.15) is 0 Å². The van der Waals surface area contributed by atoms with Crippen LogP contribution < -0.4 is 15.4 Å². The van der Waals surface area contributed by atoms with E-state index in [-0.39, 0.29) is 17.0 Å². The van der Waals surface area contributed by atoms with Crippen molar-refractivity contribution in [3.63, 3.8) is 0 Å². The van der Waals surface area contributed by atoms with Gasteiger partial charge >= 0.3 is 0 Å². The average molecular weight is 479 g/mol. The number of aromatic hydroxyl groups is 1. The molecule has 0 saturated carbocycles. The van der Waals surface area contributed by atoms with Crippen molar-refractivity contribution < 1.29 is 14.2 Å². The lowest BCUT2D eigenvalue weighted by Gasteiger charge is -2.34. The van der Waals surface area contributed by atoms with Crippen LogP contribution in [0.15, 0.2) is 64.7 Å². The van der Waals surface area contributed by atoms with Gasteiger partial charge in [0.25, 0.3) is 0 Å². The number of anilines is 2. The highest BCUT2D eigenvalue weighted by molar-refractivity contribution is 8.03. The van der Waals surface area contributed by atoms with Gasteiger partial charge in [-0.05, 0) is 60.9 Å². The summed E-state index contributed by atoms with van der Waals surface area (Å²) >= 11 is 1.75. The van der Waals surface area contributed by atoms with Crippen LogP contribution >= 0.6 is 11.8 Å². The second-order valence-electron chi connectivity index (χ2n) is 10.1. The molecule has 6 heteroatoms. The van der Waals surface area contributed by atoms with Gasteiger partial charge in [0.1, 0.15) is 29.6 Å². The van der Waals surface area contributed by atoms with Gasteiger partial charge in [0.2, 0.25) is 0 Å². The molecule has 34 heavy (non-hydrogen) atoms. The van der Waals surface area contributed by atoms with Gasteiger partial charge in [-0.1, -0.05) is 38.1 Å². The van der Waals surface area contributed by atoms with E-state index in [9.17, 15) is 5.11 Å². The maximum atomic E-state index is 15.5. The third kappa shape index (κ3) is 4.56. The van der Waals surface area contributed by atoms with Gasteiger partial charge in [0.05, 0.1) is 11.7 Å². The Bertz CT molecular complexity index is 1220. The van der Waals surface area contributed by atoms with Crippen LogP contribution in [0.2, 0.25) is 0 Å². The molecule has 0 amide bonds. The summed E-state index contributed by atoms with van der Waals surface area (Å²) in [5, 5.41) is 17.7. The van der Waals surface area contributed by atoms with Gasteiger partial charge in [0.15, 0.2) is 0 Å². The maximum Gasteiger partial charge on any atom is 0.140 e. The highest BCUT2D eigenvalue weighted by Gasteiger charge is 2.36. The number of phenolic OH excluding ortho intramolecular Hbond substituents is 1. The number of fused-ring (bicyclic) bond motifs is 1. The highest BCUT2D eigenvalue weighted by atomic mass is 32.2. The molecular formula is C28H31FN2O2S. The monoisotopic (exact) mass is 478 g/mol. The van der Waals surface area contributed by atoms with E-state index in [4.69, 9.17) is 4.74 Å². The molecule has 4 nitrogen and oxygen atoms in total. The number of phenols is 1. The number of benzene rings is 2. The minimum atomic E-state index is -0.407. The Morgan fingerprint density at radius 3 is 2.79 bits per heavy atom. The molecule has 1 unspecified atom stereocenters. The Morgan fingerprint density at radius 2 is 2.03 bits per heavy atom. The van der Waals surface area contributed by atoms with Crippen LogP contribution in [0.4, 0.5) is 15.8 Å². The van der Waals surface area contributed by atoms with Gasteiger partial charge in [0, 0.05) is 28.0 Å². The van der Waals surface area contributed by atoms with Crippen LogP contribution in [0, 0.1) is 18.2 Å². The molecule has 3 N–H and O–H groups in total. The molecule has 1 atom stereocenters. The quantitative estimate of drug-likeness (QED) is 0.399. The van der Waals surface area contributed by atoms with E-state index in [2.05, 4.69) is 42.7 Å². The number of thioether (sulfide) groups is 1. The lowest BCUT2D eigenvalue weighted by atomic mass is 9.88. The first-order valence-electron chi connectivity index (χ1n) is 11.8. The summed E-state index contributed by atoms with van der Waals surface area (Å²) < 4.78 is 21.4. The number of rotatable bonds is 4. The summed E-state index contributed by atoms with van der Waals surface area (Å²) in [4.78, 5) is 1.07. The second-order valence-corrected chi connectivity index (χ2v) is 11.1. The summed E-state index contributed by atoms with van der Waals surface area (Å²) in [5.41, 5.74) is 5.34. The summed E-state index contributed by atoms with van der Waals surface area (Å²) in [5.74, 6) is 1.28. The minimum absolute atomic E-state index is 0.120. The predicted octanol–water partition coefficient (Wildman–Crippen LogP) is 7.45. The number of ether oxygens (including phenoxy) is 1. The Hall–Kier alpha value is -2.86. The molecule has 2 aliphatic heterocycles. The van der Waals surface area contributed by atoms with Gasteiger partial charge in [-0.25, -0.2) is 4.39 Å². The number of allylic oxidation sites excluding steroid dienone is 3. The normalized spacial score (nSPS) is 20.9. The molecule has 3 aliphatic rings. The fraction of sp³-hybridized carbons (Fsp3) is 0.357. The SMILES string of the molecule is Cc1ccc(O)c2c1NC1=C(SCC(C)(C)C1)C(c1ccc(OCC3=CCCC=C3)cc1F)N2. The van der Waals surface area contributed by atoms with Gasteiger partial charge in [-0.3, -0.25) is 0 Å². The van der Waals surface area contributed by atoms with Crippen LogP contribution in [-0.2, 0) is 0 Å². The molecule has 1 aliphatic carbocycles. The summed E-state index contributed by atoms with van der Waals surface area (Å²) in [6.07, 6.45) is 9.29. The molecule has 5 rings (SSSR count). The van der Waals surface area contributed by atoms with E-state index in [0.717, 1.165) is 52.4 Å². The largest absolute Gasteiger partial charge is 0.506 e. The molecule has 178 valence electrons. The van der Waals surface area contributed by atoms with E-state index in [1.165, 1.54) is 6.07 Å². The first kappa shape index (κ1) is 22.9. The summed E-state index contributed by atoms with van der Waals surface area (Å²) in [6.45, 7) is 6.94. The highest BCUT2D eigenvalue weighted by Crippen LogP contribution is 2.51. The van der Waals surface area contributed by atoms with Crippen molar-refractivity contribution in [1.29, 1.82) is 0 Å². The zero-order valence-corrected chi connectivity index (χ0v) is 20.7. The Labute approximate surface area is 205 Å². The molecule has 2 heterocycles. The van der Waals surface area contributed by atoms with Crippen LogP contribution in [0.3, 0.4) is 0 Å². The third-order valence-corrected chi connectivity index (χ3v) is 8.27. The van der Waals surface area contributed by atoms with Crippen LogP contribution in [-0.4, -0.2) is 17.5 Å². The van der Waals surface area contributed by atoms with E-state index in [0.29, 0.717) is 23.6 Å². The van der Waals surface area contributed by atoms with Crippen LogP contribution in [0.25, 0.3) is 0 Å². The zero-order chi connectivity index (χ0) is 23.9. The predicted molar refractivity (Wildman–Crippen MR) is 139 cm³/mol. The van der Waals surface area contributed by atoms with E-state index in [1.54, 1.807) is 23.9 Å². The Kier molecular flexibility index (Phi) is 6.11. The zero-order valence-electron chi connectivity index (χ0n) is 19.9. The molecule has 2 aromatic carbocycles. The van der Waals surface area contributed by atoms with Crippen molar-refractivity contribution in [2.75, 3.05) is 23.0 Å².